The third-order valence-corrected chi connectivity index (χ3v) is 4.13. The van der Waals surface area contributed by atoms with Gasteiger partial charge in [-0.3, -0.25) is 14.8 Å². The minimum atomic E-state index is -0.529. The van der Waals surface area contributed by atoms with Crippen LogP contribution in [0.1, 0.15) is 48.7 Å². The van der Waals surface area contributed by atoms with Gasteiger partial charge in [0.1, 0.15) is 0 Å². The molecule has 0 unspecified atom stereocenters. The molecule has 0 atom stereocenters. The molecule has 7 nitrogen and oxygen atoms in total. The number of hydrogen-bond donors (Lipinski definition) is 3. The van der Waals surface area contributed by atoms with Gasteiger partial charge in [0.05, 0.1) is 24.3 Å². The van der Waals surface area contributed by atoms with Crippen molar-refractivity contribution in [2.24, 2.45) is 0 Å². The van der Waals surface area contributed by atoms with Crippen LogP contribution in [0, 0.1) is 0 Å². The summed E-state index contributed by atoms with van der Waals surface area (Å²) >= 11 is 0. The van der Waals surface area contributed by atoms with Gasteiger partial charge in [-0.25, -0.2) is 10.3 Å². The van der Waals surface area contributed by atoms with E-state index >= 15 is 0 Å². The number of fused-ring (bicyclic) bond motifs is 1. The predicted molar refractivity (Wildman–Crippen MR) is 101 cm³/mol. The van der Waals surface area contributed by atoms with Crippen molar-refractivity contribution < 1.29 is 24.3 Å². The molecular formula is C20H24N2O5. The SMILES string of the molecule is CCCc1c2ccc(CC(=O)NO)ccc-2c(C(=O)OCC)c1NC(C)=O. The van der Waals surface area contributed by atoms with E-state index in [1.54, 1.807) is 30.6 Å². The molecule has 0 radical (unpaired) electrons. The molecule has 2 amide bonds. The third kappa shape index (κ3) is 4.62. The Bertz CT molecular complexity index is 832. The molecule has 0 aromatic carbocycles. The molecule has 0 aromatic rings. The van der Waals surface area contributed by atoms with Gasteiger partial charge >= 0.3 is 5.97 Å². The van der Waals surface area contributed by atoms with Crippen molar-refractivity contribution in [3.63, 3.8) is 0 Å². The van der Waals surface area contributed by atoms with Crippen LogP contribution in [0.4, 0.5) is 5.69 Å². The first-order chi connectivity index (χ1) is 12.9. The summed E-state index contributed by atoms with van der Waals surface area (Å²) in [4.78, 5) is 35.8. The standard InChI is InChI=1S/C20H24N2O5/c1-4-6-16-14-9-7-13(11-17(24)22-26)8-10-15(14)18(20(25)27-5-2)19(16)21-12(3)23/h7-10,26H,4-6,11H2,1-3H3,(H,21,23)(H,22,24). The second kappa shape index (κ2) is 9.14. The normalized spacial score (nSPS) is 10.5. The van der Waals surface area contributed by atoms with Crippen LogP contribution < -0.4 is 10.8 Å². The summed E-state index contributed by atoms with van der Waals surface area (Å²) < 4.78 is 5.21. The van der Waals surface area contributed by atoms with Gasteiger partial charge in [0.25, 0.3) is 0 Å². The number of hydroxylamine groups is 1. The highest BCUT2D eigenvalue weighted by Crippen LogP contribution is 2.41. The van der Waals surface area contributed by atoms with Gasteiger partial charge in [0.15, 0.2) is 0 Å². The van der Waals surface area contributed by atoms with Crippen molar-refractivity contribution in [2.75, 3.05) is 11.9 Å². The number of hydrogen-bond acceptors (Lipinski definition) is 5. The van der Waals surface area contributed by atoms with Crippen LogP contribution in [-0.4, -0.2) is 29.6 Å². The summed E-state index contributed by atoms with van der Waals surface area (Å²) in [5.41, 5.74) is 5.42. The zero-order valence-corrected chi connectivity index (χ0v) is 15.7. The highest BCUT2D eigenvalue weighted by atomic mass is 16.5. The largest absolute Gasteiger partial charge is 0.462 e. The Labute approximate surface area is 158 Å². The fraction of sp³-hybridized carbons (Fsp3) is 0.350. The number of amides is 2. The van der Waals surface area contributed by atoms with Gasteiger partial charge in [0.2, 0.25) is 11.8 Å². The number of rotatable bonds is 7. The van der Waals surface area contributed by atoms with Crippen LogP contribution in [-0.2, 0) is 27.2 Å². The van der Waals surface area contributed by atoms with E-state index in [0.717, 1.165) is 17.5 Å². The molecule has 27 heavy (non-hydrogen) atoms. The first kappa shape index (κ1) is 20.4. The van der Waals surface area contributed by atoms with E-state index in [2.05, 4.69) is 5.32 Å². The summed E-state index contributed by atoms with van der Waals surface area (Å²) in [7, 11) is 0. The maximum absolute atomic E-state index is 12.6. The molecule has 0 saturated carbocycles. The maximum Gasteiger partial charge on any atom is 0.340 e. The molecule has 0 heterocycles. The van der Waals surface area contributed by atoms with Gasteiger partial charge in [-0.15, -0.1) is 0 Å². The molecule has 0 aromatic heterocycles. The molecule has 2 rings (SSSR count). The zero-order chi connectivity index (χ0) is 20.0. The quantitative estimate of drug-likeness (QED) is 0.394. The van der Waals surface area contributed by atoms with Crippen molar-refractivity contribution in [3.8, 4) is 11.1 Å². The highest BCUT2D eigenvalue weighted by Gasteiger charge is 2.28. The second-order valence-corrected chi connectivity index (χ2v) is 6.16. The number of nitrogens with one attached hydrogen (secondary N) is 2. The molecule has 7 heteroatoms. The summed E-state index contributed by atoms with van der Waals surface area (Å²) in [6, 6.07) is 7.05. The van der Waals surface area contributed by atoms with E-state index in [1.807, 2.05) is 13.0 Å². The molecule has 144 valence electrons. The molecule has 2 aliphatic carbocycles. The summed E-state index contributed by atoms with van der Waals surface area (Å²) in [5, 5.41) is 11.5. The smallest absolute Gasteiger partial charge is 0.340 e. The molecule has 0 spiro atoms. The lowest BCUT2D eigenvalue weighted by Gasteiger charge is -2.08. The molecule has 0 aliphatic heterocycles. The Morgan fingerprint density at radius 1 is 1.07 bits per heavy atom. The first-order valence-corrected chi connectivity index (χ1v) is 8.88. The predicted octanol–water partition coefficient (Wildman–Crippen LogP) is 2.93. The van der Waals surface area contributed by atoms with E-state index in [9.17, 15) is 14.4 Å². The average molecular weight is 372 g/mol. The molecule has 0 saturated heterocycles. The number of anilines is 1. The molecular weight excluding hydrogens is 348 g/mol. The molecule has 3 N–H and O–H groups in total. The Kier molecular flexibility index (Phi) is 6.90. The molecule has 0 fully saturated rings. The van der Waals surface area contributed by atoms with E-state index < -0.39 is 11.9 Å². The van der Waals surface area contributed by atoms with Crippen molar-refractivity contribution in [2.45, 2.75) is 40.0 Å². The fourth-order valence-corrected chi connectivity index (χ4v) is 3.10. The van der Waals surface area contributed by atoms with Gasteiger partial charge in [-0.1, -0.05) is 37.6 Å². The number of carbonyl (C=O) groups excluding carboxylic acids is 3. The Hall–Kier alpha value is -2.93. The lowest BCUT2D eigenvalue weighted by Crippen LogP contribution is -2.20. The van der Waals surface area contributed by atoms with E-state index in [1.165, 1.54) is 6.92 Å². The van der Waals surface area contributed by atoms with Gasteiger partial charge in [0, 0.05) is 6.92 Å². The molecule has 2 aliphatic rings. The Morgan fingerprint density at radius 3 is 2.30 bits per heavy atom. The van der Waals surface area contributed by atoms with Gasteiger partial charge in [-0.2, -0.15) is 0 Å². The monoisotopic (exact) mass is 372 g/mol. The minimum absolute atomic E-state index is 0.00415. The van der Waals surface area contributed by atoms with Gasteiger partial charge in [-0.05, 0) is 35.6 Å². The Morgan fingerprint density at radius 2 is 1.74 bits per heavy atom. The van der Waals surface area contributed by atoms with Crippen molar-refractivity contribution in [1.82, 2.24) is 5.48 Å². The van der Waals surface area contributed by atoms with E-state index in [-0.39, 0.29) is 18.9 Å². The van der Waals surface area contributed by atoms with E-state index in [0.29, 0.717) is 28.8 Å². The van der Waals surface area contributed by atoms with Crippen LogP contribution in [0.2, 0.25) is 0 Å². The summed E-state index contributed by atoms with van der Waals surface area (Å²) in [5.74, 6) is -1.30. The second-order valence-electron chi connectivity index (χ2n) is 6.16. The number of ether oxygens (including phenoxy) is 1. The first-order valence-electron chi connectivity index (χ1n) is 8.88. The van der Waals surface area contributed by atoms with Crippen LogP contribution in [0.25, 0.3) is 11.1 Å². The lowest BCUT2D eigenvalue weighted by molar-refractivity contribution is -0.128. The number of esters is 1. The topological polar surface area (TPSA) is 105 Å². The van der Waals surface area contributed by atoms with E-state index in [4.69, 9.17) is 9.94 Å². The van der Waals surface area contributed by atoms with Gasteiger partial charge < -0.3 is 10.1 Å². The van der Waals surface area contributed by atoms with Crippen LogP contribution in [0.5, 0.6) is 0 Å². The average Bonchev–Trinajstić information content (AvgIpc) is 2.75. The van der Waals surface area contributed by atoms with Crippen LogP contribution in [0.3, 0.4) is 0 Å². The van der Waals surface area contributed by atoms with Crippen molar-refractivity contribution >= 4 is 23.5 Å². The van der Waals surface area contributed by atoms with Crippen molar-refractivity contribution in [1.29, 1.82) is 0 Å². The lowest BCUT2D eigenvalue weighted by atomic mass is 10.1. The minimum Gasteiger partial charge on any atom is -0.462 e. The third-order valence-electron chi connectivity index (χ3n) is 4.13. The zero-order valence-electron chi connectivity index (χ0n) is 15.7. The molecule has 0 bridgehead atoms. The summed E-state index contributed by atoms with van der Waals surface area (Å²) in [6.07, 6.45) is 1.50. The van der Waals surface area contributed by atoms with Crippen LogP contribution in [0.15, 0.2) is 24.3 Å². The highest BCUT2D eigenvalue weighted by molar-refractivity contribution is 6.10. The fourth-order valence-electron chi connectivity index (χ4n) is 3.10. The van der Waals surface area contributed by atoms with Crippen molar-refractivity contribution in [3.05, 3.63) is 41.0 Å². The maximum atomic E-state index is 12.6. The number of carbonyl (C=O) groups is 3. The Balaban J connectivity index is 2.70. The summed E-state index contributed by atoms with van der Waals surface area (Å²) in [6.45, 7) is 5.35. The van der Waals surface area contributed by atoms with Crippen LogP contribution >= 0.6 is 0 Å².